The molecule has 1 aromatic carbocycles. The van der Waals surface area contributed by atoms with Crippen LogP contribution in [-0.2, 0) is 22.4 Å². The summed E-state index contributed by atoms with van der Waals surface area (Å²) >= 11 is 0. The van der Waals surface area contributed by atoms with Gasteiger partial charge in [-0.2, -0.15) is 0 Å². The molecule has 1 atom stereocenters. The maximum Gasteiger partial charge on any atom is 0.317 e. The minimum absolute atomic E-state index is 0.106. The first-order valence-electron chi connectivity index (χ1n) is 9.39. The number of nitrogens with zero attached hydrogens (tertiary/aromatic N) is 2. The lowest BCUT2D eigenvalue weighted by Crippen LogP contribution is -2.47. The van der Waals surface area contributed by atoms with E-state index in [0.717, 1.165) is 25.9 Å². The van der Waals surface area contributed by atoms with Gasteiger partial charge in [-0.3, -0.25) is 14.6 Å². The number of fused-ring (bicyclic) bond motifs is 1. The number of likely N-dealkylation sites (tertiary alicyclic amines) is 1. The standard InChI is InChI=1S/C20H30N2O3/c1-25-10-9-21(15-20(23)24)13-16-5-4-8-22(14-16)19-11-17-6-2-3-7-18(17)12-19/h2-3,6-7,16,19H,4-5,8-15H2,1H3,(H,23,24). The Balaban J connectivity index is 1.54. The lowest BCUT2D eigenvalue weighted by molar-refractivity contribution is -0.138. The summed E-state index contributed by atoms with van der Waals surface area (Å²) in [5, 5.41) is 9.14. The van der Waals surface area contributed by atoms with Crippen LogP contribution in [0.5, 0.6) is 0 Å². The van der Waals surface area contributed by atoms with Gasteiger partial charge in [-0.1, -0.05) is 24.3 Å². The minimum atomic E-state index is -0.755. The first-order chi connectivity index (χ1) is 12.2. The van der Waals surface area contributed by atoms with Crippen LogP contribution in [-0.4, -0.2) is 73.4 Å². The van der Waals surface area contributed by atoms with Crippen LogP contribution in [0.15, 0.2) is 24.3 Å². The molecule has 0 spiro atoms. The van der Waals surface area contributed by atoms with Crippen molar-refractivity contribution in [2.75, 3.05) is 46.4 Å². The number of carboxylic acid groups (broad SMARTS) is 1. The molecule has 5 nitrogen and oxygen atoms in total. The highest BCUT2D eigenvalue weighted by molar-refractivity contribution is 5.69. The summed E-state index contributed by atoms with van der Waals surface area (Å²) in [7, 11) is 1.67. The molecule has 1 heterocycles. The number of carboxylic acids is 1. The molecule has 0 bridgehead atoms. The Hall–Kier alpha value is -1.43. The molecule has 0 aromatic heterocycles. The second kappa shape index (κ2) is 8.79. The monoisotopic (exact) mass is 346 g/mol. The number of aliphatic carboxylic acids is 1. The van der Waals surface area contributed by atoms with Gasteiger partial charge in [-0.25, -0.2) is 0 Å². The Bertz CT molecular complexity index is 553. The Labute approximate surface area is 150 Å². The van der Waals surface area contributed by atoms with Gasteiger partial charge in [-0.05, 0) is 49.3 Å². The summed E-state index contributed by atoms with van der Waals surface area (Å²) in [5.74, 6) is -0.205. The molecular formula is C20H30N2O3. The predicted octanol–water partition coefficient (Wildman–Crippen LogP) is 1.90. The number of rotatable bonds is 8. The van der Waals surface area contributed by atoms with E-state index in [1.807, 2.05) is 4.90 Å². The Morgan fingerprint density at radius 3 is 2.68 bits per heavy atom. The van der Waals surface area contributed by atoms with E-state index in [0.29, 0.717) is 25.1 Å². The molecule has 2 aliphatic rings. The van der Waals surface area contributed by atoms with E-state index in [1.165, 1.54) is 30.5 Å². The third-order valence-corrected chi connectivity index (χ3v) is 5.58. The van der Waals surface area contributed by atoms with E-state index < -0.39 is 5.97 Å². The molecule has 1 aliphatic heterocycles. The van der Waals surface area contributed by atoms with Crippen LogP contribution in [0.1, 0.15) is 24.0 Å². The molecule has 25 heavy (non-hydrogen) atoms. The van der Waals surface area contributed by atoms with Crippen molar-refractivity contribution < 1.29 is 14.6 Å². The third-order valence-electron chi connectivity index (χ3n) is 5.58. The molecule has 1 fully saturated rings. The predicted molar refractivity (Wildman–Crippen MR) is 97.9 cm³/mol. The van der Waals surface area contributed by atoms with Gasteiger partial charge in [0.2, 0.25) is 0 Å². The summed E-state index contributed by atoms with van der Waals surface area (Å²) < 4.78 is 5.14. The Morgan fingerprint density at radius 2 is 2.04 bits per heavy atom. The maximum atomic E-state index is 11.1. The van der Waals surface area contributed by atoms with Crippen LogP contribution in [0.2, 0.25) is 0 Å². The van der Waals surface area contributed by atoms with Crippen molar-refractivity contribution in [1.82, 2.24) is 9.80 Å². The molecule has 138 valence electrons. The highest BCUT2D eigenvalue weighted by Crippen LogP contribution is 2.29. The van der Waals surface area contributed by atoms with Gasteiger partial charge < -0.3 is 9.84 Å². The van der Waals surface area contributed by atoms with E-state index in [1.54, 1.807) is 7.11 Å². The molecule has 0 amide bonds. The summed E-state index contributed by atoms with van der Waals surface area (Å²) in [6, 6.07) is 9.42. The van der Waals surface area contributed by atoms with Crippen LogP contribution in [0, 0.1) is 5.92 Å². The summed E-state index contributed by atoms with van der Waals surface area (Å²) in [6.07, 6.45) is 4.72. The smallest absolute Gasteiger partial charge is 0.317 e. The van der Waals surface area contributed by atoms with E-state index >= 15 is 0 Å². The number of ether oxygens (including phenoxy) is 1. The van der Waals surface area contributed by atoms with Crippen LogP contribution < -0.4 is 0 Å². The number of piperidine rings is 1. The quantitative estimate of drug-likeness (QED) is 0.779. The van der Waals surface area contributed by atoms with Gasteiger partial charge in [0.25, 0.3) is 0 Å². The zero-order valence-electron chi connectivity index (χ0n) is 15.2. The summed E-state index contributed by atoms with van der Waals surface area (Å²) in [4.78, 5) is 15.8. The Morgan fingerprint density at radius 1 is 1.32 bits per heavy atom. The number of hydrogen-bond donors (Lipinski definition) is 1. The summed E-state index contributed by atoms with van der Waals surface area (Å²) in [6.45, 7) is 4.49. The van der Waals surface area contributed by atoms with Crippen LogP contribution in [0.4, 0.5) is 0 Å². The molecule has 0 saturated carbocycles. The molecule has 3 rings (SSSR count). The second-order valence-electron chi connectivity index (χ2n) is 7.46. The van der Waals surface area contributed by atoms with Crippen LogP contribution >= 0.6 is 0 Å². The number of hydrogen-bond acceptors (Lipinski definition) is 4. The summed E-state index contributed by atoms with van der Waals surface area (Å²) in [5.41, 5.74) is 3.00. The van der Waals surface area contributed by atoms with Gasteiger partial charge in [-0.15, -0.1) is 0 Å². The van der Waals surface area contributed by atoms with E-state index in [9.17, 15) is 4.79 Å². The van der Waals surface area contributed by atoms with Crippen molar-refractivity contribution >= 4 is 5.97 Å². The number of methoxy groups -OCH3 is 1. The van der Waals surface area contributed by atoms with Gasteiger partial charge in [0, 0.05) is 32.8 Å². The fourth-order valence-corrected chi connectivity index (χ4v) is 4.38. The van der Waals surface area contributed by atoms with E-state index in [-0.39, 0.29) is 6.54 Å². The van der Waals surface area contributed by atoms with Gasteiger partial charge in [0.1, 0.15) is 0 Å². The van der Waals surface area contributed by atoms with Crippen molar-refractivity contribution in [3.63, 3.8) is 0 Å². The lowest BCUT2D eigenvalue weighted by Gasteiger charge is -2.38. The molecule has 1 saturated heterocycles. The zero-order valence-corrected chi connectivity index (χ0v) is 15.2. The van der Waals surface area contributed by atoms with Crippen molar-refractivity contribution in [3.05, 3.63) is 35.4 Å². The number of benzene rings is 1. The molecule has 1 aromatic rings. The first-order valence-corrected chi connectivity index (χ1v) is 9.39. The van der Waals surface area contributed by atoms with Gasteiger partial charge in [0.15, 0.2) is 0 Å². The molecule has 1 unspecified atom stereocenters. The second-order valence-corrected chi connectivity index (χ2v) is 7.46. The zero-order chi connectivity index (χ0) is 17.6. The van der Waals surface area contributed by atoms with Crippen LogP contribution in [0.3, 0.4) is 0 Å². The molecule has 5 heteroatoms. The van der Waals surface area contributed by atoms with Crippen molar-refractivity contribution in [2.45, 2.75) is 31.7 Å². The van der Waals surface area contributed by atoms with Gasteiger partial charge in [0.05, 0.1) is 13.2 Å². The highest BCUT2D eigenvalue weighted by Gasteiger charge is 2.31. The Kier molecular flexibility index (Phi) is 6.45. The molecule has 1 N–H and O–H groups in total. The van der Waals surface area contributed by atoms with Gasteiger partial charge >= 0.3 is 5.97 Å². The van der Waals surface area contributed by atoms with Crippen molar-refractivity contribution in [1.29, 1.82) is 0 Å². The molecule has 1 aliphatic carbocycles. The molecular weight excluding hydrogens is 316 g/mol. The van der Waals surface area contributed by atoms with E-state index in [4.69, 9.17) is 9.84 Å². The van der Waals surface area contributed by atoms with Crippen molar-refractivity contribution in [2.24, 2.45) is 5.92 Å². The fourth-order valence-electron chi connectivity index (χ4n) is 4.38. The third kappa shape index (κ3) is 5.03. The fraction of sp³-hybridized carbons (Fsp3) is 0.650. The van der Waals surface area contributed by atoms with Crippen molar-refractivity contribution in [3.8, 4) is 0 Å². The first kappa shape index (κ1) is 18.4. The normalized spacial score (nSPS) is 21.6. The molecule has 0 radical (unpaired) electrons. The maximum absolute atomic E-state index is 11.1. The average molecular weight is 346 g/mol. The highest BCUT2D eigenvalue weighted by atomic mass is 16.5. The average Bonchev–Trinajstić information content (AvgIpc) is 3.03. The minimum Gasteiger partial charge on any atom is -0.480 e. The van der Waals surface area contributed by atoms with Crippen LogP contribution in [0.25, 0.3) is 0 Å². The largest absolute Gasteiger partial charge is 0.480 e. The number of carbonyl (C=O) groups is 1. The topological polar surface area (TPSA) is 53.0 Å². The van der Waals surface area contributed by atoms with E-state index in [2.05, 4.69) is 29.2 Å². The SMILES string of the molecule is COCCN(CC(=O)O)CC1CCCN(C2Cc3ccccc3C2)C1. The lowest BCUT2D eigenvalue weighted by atomic mass is 9.95.